The van der Waals surface area contributed by atoms with Gasteiger partial charge in [0.25, 0.3) is 15.9 Å². The maximum atomic E-state index is 13.2. The van der Waals surface area contributed by atoms with Gasteiger partial charge in [-0.1, -0.05) is 35.9 Å². The summed E-state index contributed by atoms with van der Waals surface area (Å²) in [5.41, 5.74) is 2.01. The van der Waals surface area contributed by atoms with Crippen LogP contribution in [-0.2, 0) is 10.0 Å². The van der Waals surface area contributed by atoms with Crippen LogP contribution in [0.2, 0.25) is 5.02 Å². The quantitative estimate of drug-likeness (QED) is 0.385. The highest BCUT2D eigenvalue weighted by Gasteiger charge is 2.25. The Hall–Kier alpha value is -3.82. The number of amides is 1. The van der Waals surface area contributed by atoms with Gasteiger partial charge in [0, 0.05) is 49.5 Å². The van der Waals surface area contributed by atoms with Crippen molar-refractivity contribution < 1.29 is 17.9 Å². The van der Waals surface area contributed by atoms with Crippen LogP contribution in [0.3, 0.4) is 0 Å². The number of hydrogen-bond donors (Lipinski definition) is 1. The number of pyridine rings is 1. The van der Waals surface area contributed by atoms with Gasteiger partial charge in [-0.2, -0.15) is 0 Å². The lowest BCUT2D eigenvalue weighted by atomic mass is 10.1. The van der Waals surface area contributed by atoms with Gasteiger partial charge in [0.2, 0.25) is 0 Å². The number of fused-ring (bicyclic) bond motifs is 1. The van der Waals surface area contributed by atoms with Crippen molar-refractivity contribution >= 4 is 49.8 Å². The van der Waals surface area contributed by atoms with E-state index in [1.165, 1.54) is 12.1 Å². The van der Waals surface area contributed by atoms with Crippen LogP contribution in [0.25, 0.3) is 10.9 Å². The van der Waals surface area contributed by atoms with Crippen molar-refractivity contribution in [3.8, 4) is 5.75 Å². The average molecular weight is 537 g/mol. The summed E-state index contributed by atoms with van der Waals surface area (Å²) in [7, 11) is -2.29. The van der Waals surface area contributed by atoms with Crippen LogP contribution in [0.1, 0.15) is 10.4 Å². The Balaban J connectivity index is 1.28. The maximum absolute atomic E-state index is 13.2. The predicted molar refractivity (Wildman–Crippen MR) is 145 cm³/mol. The van der Waals surface area contributed by atoms with Gasteiger partial charge in [-0.15, -0.1) is 0 Å². The van der Waals surface area contributed by atoms with E-state index in [1.807, 2.05) is 24.3 Å². The largest absolute Gasteiger partial charge is 0.497 e. The number of carbonyl (C=O) groups excluding carboxylic acids is 1. The molecule has 10 heteroatoms. The number of methoxy groups -OCH3 is 1. The van der Waals surface area contributed by atoms with Crippen molar-refractivity contribution in [1.29, 1.82) is 0 Å². The summed E-state index contributed by atoms with van der Waals surface area (Å²) < 4.78 is 34.1. The first-order valence-electron chi connectivity index (χ1n) is 11.7. The molecule has 1 N–H and O–H groups in total. The summed E-state index contributed by atoms with van der Waals surface area (Å²) in [6.45, 7) is 2.42. The molecule has 5 rings (SSSR count). The Morgan fingerprint density at radius 1 is 0.973 bits per heavy atom. The molecular formula is C27H25ClN4O4S. The number of nitrogens with zero attached hydrogens (tertiary/aromatic N) is 3. The third-order valence-electron chi connectivity index (χ3n) is 6.32. The Morgan fingerprint density at radius 2 is 1.73 bits per heavy atom. The Labute approximate surface area is 220 Å². The monoisotopic (exact) mass is 536 g/mol. The number of para-hydroxylation sites is 1. The molecular weight excluding hydrogens is 512 g/mol. The van der Waals surface area contributed by atoms with E-state index in [-0.39, 0.29) is 21.5 Å². The zero-order chi connectivity index (χ0) is 26.0. The van der Waals surface area contributed by atoms with Crippen molar-refractivity contribution in [1.82, 2.24) is 9.88 Å². The third-order valence-corrected chi connectivity index (χ3v) is 8.05. The number of carbonyl (C=O) groups is 1. The normalized spacial score (nSPS) is 14.0. The molecule has 0 saturated carbocycles. The van der Waals surface area contributed by atoms with Crippen LogP contribution < -0.4 is 14.4 Å². The molecule has 4 aromatic rings. The van der Waals surface area contributed by atoms with Crippen LogP contribution in [0.4, 0.5) is 11.4 Å². The molecule has 0 bridgehead atoms. The third kappa shape index (κ3) is 5.19. The van der Waals surface area contributed by atoms with Gasteiger partial charge in [-0.3, -0.25) is 14.5 Å². The van der Waals surface area contributed by atoms with E-state index in [0.717, 1.165) is 16.8 Å². The smallest absolute Gasteiger partial charge is 0.264 e. The SMILES string of the molecule is COc1cccc(N2CCN(C(=O)c3ccc(NS(=O)(=O)c4cccc5cccnc45)cc3Cl)CC2)c1. The topological polar surface area (TPSA) is 91.8 Å². The minimum absolute atomic E-state index is 0.0655. The molecule has 1 aliphatic rings. The zero-order valence-corrected chi connectivity index (χ0v) is 21.7. The van der Waals surface area contributed by atoms with Crippen LogP contribution in [-0.4, -0.2) is 57.5 Å². The average Bonchev–Trinajstić information content (AvgIpc) is 2.92. The number of sulfonamides is 1. The number of rotatable bonds is 6. The standard InChI is InChI=1S/C27H25ClN4O4S/c1-36-22-8-3-7-21(18-22)31-13-15-32(16-14-31)27(33)23-11-10-20(17-24(23)28)30-37(34,35)25-9-2-5-19-6-4-12-29-26(19)25/h2-12,17-18,30H,13-16H2,1H3. The van der Waals surface area contributed by atoms with Crippen molar-refractivity contribution in [2.45, 2.75) is 4.90 Å². The minimum atomic E-state index is -3.93. The minimum Gasteiger partial charge on any atom is -0.497 e. The summed E-state index contributed by atoms with van der Waals surface area (Å²) in [6.07, 6.45) is 1.55. The molecule has 0 aliphatic carbocycles. The first-order valence-corrected chi connectivity index (χ1v) is 13.6. The number of piperazine rings is 1. The first-order chi connectivity index (χ1) is 17.9. The molecule has 3 aromatic carbocycles. The van der Waals surface area contributed by atoms with E-state index in [9.17, 15) is 13.2 Å². The van der Waals surface area contributed by atoms with E-state index < -0.39 is 10.0 Å². The molecule has 1 fully saturated rings. The van der Waals surface area contributed by atoms with Crippen molar-refractivity contribution in [3.05, 3.63) is 89.6 Å². The van der Waals surface area contributed by atoms with Gasteiger partial charge in [-0.05, 0) is 42.5 Å². The second-order valence-corrected chi connectivity index (χ2v) is 10.7. The lowest BCUT2D eigenvalue weighted by Crippen LogP contribution is -2.48. The Bertz CT molecular complexity index is 1560. The number of anilines is 2. The molecule has 1 saturated heterocycles. The van der Waals surface area contributed by atoms with E-state index >= 15 is 0 Å². The fourth-order valence-electron chi connectivity index (χ4n) is 4.40. The Morgan fingerprint density at radius 3 is 2.49 bits per heavy atom. The number of benzene rings is 3. The van der Waals surface area contributed by atoms with Crippen LogP contribution >= 0.6 is 11.6 Å². The van der Waals surface area contributed by atoms with E-state index in [2.05, 4.69) is 14.6 Å². The maximum Gasteiger partial charge on any atom is 0.264 e. The second-order valence-electron chi connectivity index (χ2n) is 8.61. The van der Waals surface area contributed by atoms with E-state index in [0.29, 0.717) is 37.3 Å². The van der Waals surface area contributed by atoms with Gasteiger partial charge in [0.05, 0.1) is 28.9 Å². The molecule has 37 heavy (non-hydrogen) atoms. The first kappa shape index (κ1) is 24.9. The number of ether oxygens (including phenoxy) is 1. The van der Waals surface area contributed by atoms with Gasteiger partial charge in [-0.25, -0.2) is 8.42 Å². The molecule has 1 aromatic heterocycles. The van der Waals surface area contributed by atoms with Crippen LogP contribution in [0, 0.1) is 0 Å². The molecule has 0 atom stereocenters. The van der Waals surface area contributed by atoms with Gasteiger partial charge < -0.3 is 14.5 Å². The van der Waals surface area contributed by atoms with Crippen LogP contribution in [0.5, 0.6) is 5.75 Å². The van der Waals surface area contributed by atoms with Crippen molar-refractivity contribution in [3.63, 3.8) is 0 Å². The fraction of sp³-hybridized carbons (Fsp3) is 0.185. The van der Waals surface area contributed by atoms with Crippen molar-refractivity contribution in [2.75, 3.05) is 42.9 Å². The van der Waals surface area contributed by atoms with Gasteiger partial charge in [0.1, 0.15) is 10.6 Å². The van der Waals surface area contributed by atoms with Crippen LogP contribution in [0.15, 0.2) is 83.9 Å². The molecule has 1 aliphatic heterocycles. The summed E-state index contributed by atoms with van der Waals surface area (Å²) in [5.74, 6) is 0.596. The molecule has 0 radical (unpaired) electrons. The number of halogens is 1. The van der Waals surface area contributed by atoms with E-state index in [4.69, 9.17) is 16.3 Å². The fourth-order valence-corrected chi connectivity index (χ4v) is 5.89. The van der Waals surface area contributed by atoms with E-state index in [1.54, 1.807) is 54.6 Å². The summed E-state index contributed by atoms with van der Waals surface area (Å²) in [6, 6.07) is 20.9. The second kappa shape index (κ2) is 10.3. The highest BCUT2D eigenvalue weighted by atomic mass is 35.5. The number of aromatic nitrogens is 1. The molecule has 2 heterocycles. The molecule has 0 unspecified atom stereocenters. The zero-order valence-electron chi connectivity index (χ0n) is 20.1. The highest BCUT2D eigenvalue weighted by Crippen LogP contribution is 2.28. The van der Waals surface area contributed by atoms with Gasteiger partial charge in [0.15, 0.2) is 0 Å². The summed E-state index contributed by atoms with van der Waals surface area (Å²) in [5, 5.41) is 0.896. The number of nitrogens with one attached hydrogen (secondary N) is 1. The summed E-state index contributed by atoms with van der Waals surface area (Å²) in [4.78, 5) is 21.4. The van der Waals surface area contributed by atoms with Gasteiger partial charge >= 0.3 is 0 Å². The molecule has 190 valence electrons. The predicted octanol–water partition coefficient (Wildman–Crippen LogP) is 4.66. The number of hydrogen-bond acceptors (Lipinski definition) is 6. The highest BCUT2D eigenvalue weighted by molar-refractivity contribution is 7.93. The lowest BCUT2D eigenvalue weighted by Gasteiger charge is -2.36. The Kier molecular flexibility index (Phi) is 6.90. The summed E-state index contributed by atoms with van der Waals surface area (Å²) >= 11 is 6.45. The molecule has 0 spiro atoms. The molecule has 1 amide bonds. The lowest BCUT2D eigenvalue weighted by molar-refractivity contribution is 0.0747. The molecule has 8 nitrogen and oxygen atoms in total. The van der Waals surface area contributed by atoms with Crippen molar-refractivity contribution in [2.24, 2.45) is 0 Å².